The van der Waals surface area contributed by atoms with Gasteiger partial charge in [0.15, 0.2) is 0 Å². The van der Waals surface area contributed by atoms with Crippen LogP contribution in [0.1, 0.15) is 28.4 Å². The molecule has 5 nitrogen and oxygen atoms in total. The van der Waals surface area contributed by atoms with Crippen LogP contribution in [0, 0.1) is 0 Å². The minimum absolute atomic E-state index is 0.160. The van der Waals surface area contributed by atoms with Gasteiger partial charge in [-0.25, -0.2) is 0 Å². The highest BCUT2D eigenvalue weighted by Crippen LogP contribution is 2.36. The Kier molecular flexibility index (Phi) is 6.24. The molecule has 0 bridgehead atoms. The molecule has 6 heteroatoms. The predicted molar refractivity (Wildman–Crippen MR) is 128 cm³/mol. The van der Waals surface area contributed by atoms with E-state index >= 15 is 0 Å². The molecule has 4 rings (SSSR count). The number of carbonyl (C=O) groups excluding carboxylic acids is 2. The third-order valence-electron chi connectivity index (χ3n) is 5.89. The van der Waals surface area contributed by atoms with Crippen molar-refractivity contribution in [3.05, 3.63) is 89.5 Å². The molecule has 1 aliphatic heterocycles. The Bertz CT molecular complexity index is 1150. The average molecular weight is 447 g/mol. The van der Waals surface area contributed by atoms with Gasteiger partial charge in [-0.05, 0) is 60.7 Å². The second-order valence-electron chi connectivity index (χ2n) is 7.98. The van der Waals surface area contributed by atoms with Crippen LogP contribution >= 0.6 is 11.8 Å². The molecule has 0 aromatic heterocycles. The number of thioether (sulfide) groups is 1. The molecule has 0 saturated carbocycles. The van der Waals surface area contributed by atoms with Crippen LogP contribution in [0.25, 0.3) is 0 Å². The summed E-state index contributed by atoms with van der Waals surface area (Å²) in [6.45, 7) is 2.21. The maximum absolute atomic E-state index is 13.6. The summed E-state index contributed by atoms with van der Waals surface area (Å²) in [7, 11) is 1.62. The summed E-state index contributed by atoms with van der Waals surface area (Å²) in [4.78, 5) is 29.9. The van der Waals surface area contributed by atoms with Crippen LogP contribution in [-0.4, -0.2) is 30.7 Å². The fourth-order valence-corrected chi connectivity index (χ4v) is 4.58. The van der Waals surface area contributed by atoms with E-state index in [1.54, 1.807) is 23.8 Å². The van der Waals surface area contributed by atoms with Crippen molar-refractivity contribution in [2.45, 2.75) is 30.3 Å². The summed E-state index contributed by atoms with van der Waals surface area (Å²) < 4.78 is 5.20. The number of nitrogens with zero attached hydrogens (tertiary/aromatic N) is 1. The molecule has 0 saturated heterocycles. The molecule has 1 heterocycles. The largest absolute Gasteiger partial charge is 0.497 e. The van der Waals surface area contributed by atoms with Gasteiger partial charge in [-0.3, -0.25) is 14.5 Å². The number of anilines is 1. The molecule has 1 N–H and O–H groups in total. The first kappa shape index (κ1) is 22.0. The molecular weight excluding hydrogens is 420 g/mol. The molecule has 0 aliphatic carbocycles. The molecule has 1 aliphatic rings. The molecule has 0 unspecified atom stereocenters. The molecule has 0 spiro atoms. The van der Waals surface area contributed by atoms with Gasteiger partial charge in [0.05, 0.1) is 7.11 Å². The van der Waals surface area contributed by atoms with Crippen LogP contribution in [0.5, 0.6) is 5.75 Å². The molecule has 164 valence electrons. The van der Waals surface area contributed by atoms with E-state index in [0.29, 0.717) is 18.5 Å². The number of fused-ring (bicyclic) bond motifs is 1. The molecular formula is C26H26N2O3S. The van der Waals surface area contributed by atoms with E-state index in [-0.39, 0.29) is 11.8 Å². The number of methoxy groups -OCH3 is 1. The molecule has 32 heavy (non-hydrogen) atoms. The van der Waals surface area contributed by atoms with Gasteiger partial charge in [-0.2, -0.15) is 0 Å². The smallest absolute Gasteiger partial charge is 0.259 e. The highest BCUT2D eigenvalue weighted by molar-refractivity contribution is 7.98. The topological polar surface area (TPSA) is 58.6 Å². The van der Waals surface area contributed by atoms with Crippen molar-refractivity contribution in [1.29, 1.82) is 0 Å². The Morgan fingerprint density at radius 2 is 1.84 bits per heavy atom. The van der Waals surface area contributed by atoms with Gasteiger partial charge in [-0.1, -0.05) is 36.4 Å². The van der Waals surface area contributed by atoms with Gasteiger partial charge in [0, 0.05) is 29.1 Å². The quantitative estimate of drug-likeness (QED) is 0.558. The number of benzene rings is 3. The van der Waals surface area contributed by atoms with Crippen LogP contribution in [0.4, 0.5) is 5.69 Å². The van der Waals surface area contributed by atoms with E-state index in [9.17, 15) is 9.59 Å². The number of ether oxygens (including phenoxy) is 1. The fourth-order valence-electron chi connectivity index (χ4n) is 4.13. The van der Waals surface area contributed by atoms with Crippen molar-refractivity contribution in [2.24, 2.45) is 0 Å². The minimum atomic E-state index is -1.06. The van der Waals surface area contributed by atoms with Gasteiger partial charge < -0.3 is 10.1 Å². The Balaban J connectivity index is 1.68. The number of nitrogens with one attached hydrogen (secondary N) is 1. The van der Waals surface area contributed by atoms with Crippen LogP contribution in [0.3, 0.4) is 0 Å². The lowest BCUT2D eigenvalue weighted by Crippen LogP contribution is -2.63. The highest BCUT2D eigenvalue weighted by atomic mass is 32.2. The van der Waals surface area contributed by atoms with Gasteiger partial charge in [0.2, 0.25) is 5.91 Å². The van der Waals surface area contributed by atoms with E-state index in [1.807, 2.05) is 86.0 Å². The number of carbonyl (C=O) groups is 2. The fraction of sp³-hybridized carbons (Fsp3) is 0.231. The van der Waals surface area contributed by atoms with Gasteiger partial charge in [-0.15, -0.1) is 11.8 Å². The Morgan fingerprint density at radius 3 is 2.56 bits per heavy atom. The van der Waals surface area contributed by atoms with E-state index in [2.05, 4.69) is 5.32 Å². The molecule has 0 radical (unpaired) electrons. The highest BCUT2D eigenvalue weighted by Gasteiger charge is 2.47. The second-order valence-corrected chi connectivity index (χ2v) is 8.86. The summed E-state index contributed by atoms with van der Waals surface area (Å²) in [5.41, 5.74) is 2.15. The summed E-state index contributed by atoms with van der Waals surface area (Å²) in [5, 5.41) is 3.05. The van der Waals surface area contributed by atoms with Crippen molar-refractivity contribution in [3.63, 3.8) is 0 Å². The normalized spacial score (nSPS) is 17.6. The lowest BCUT2D eigenvalue weighted by Gasteiger charge is -2.44. The van der Waals surface area contributed by atoms with E-state index in [0.717, 1.165) is 27.5 Å². The van der Waals surface area contributed by atoms with E-state index in [4.69, 9.17) is 4.74 Å². The van der Waals surface area contributed by atoms with Gasteiger partial charge >= 0.3 is 0 Å². The van der Waals surface area contributed by atoms with Crippen LogP contribution in [0.2, 0.25) is 0 Å². The van der Waals surface area contributed by atoms with Crippen LogP contribution < -0.4 is 15.0 Å². The first-order chi connectivity index (χ1) is 15.5. The minimum Gasteiger partial charge on any atom is -0.497 e. The molecule has 2 amide bonds. The number of hydrogen-bond acceptors (Lipinski definition) is 4. The molecule has 3 aromatic rings. The lowest BCUT2D eigenvalue weighted by molar-refractivity contribution is -0.126. The zero-order valence-corrected chi connectivity index (χ0v) is 19.2. The lowest BCUT2D eigenvalue weighted by atomic mass is 9.82. The summed E-state index contributed by atoms with van der Waals surface area (Å²) >= 11 is 1.60. The zero-order valence-electron chi connectivity index (χ0n) is 18.4. The molecule has 1 atom stereocenters. The number of rotatable bonds is 6. The second kappa shape index (κ2) is 9.09. The van der Waals surface area contributed by atoms with E-state index in [1.165, 1.54) is 0 Å². The number of amides is 2. The first-order valence-corrected chi connectivity index (χ1v) is 11.7. The van der Waals surface area contributed by atoms with Gasteiger partial charge in [0.1, 0.15) is 11.3 Å². The summed E-state index contributed by atoms with van der Waals surface area (Å²) in [5.74, 6) is 0.416. The van der Waals surface area contributed by atoms with Crippen molar-refractivity contribution < 1.29 is 14.3 Å². The molecule has 0 fully saturated rings. The van der Waals surface area contributed by atoms with E-state index < -0.39 is 5.54 Å². The van der Waals surface area contributed by atoms with Crippen molar-refractivity contribution in [2.75, 3.05) is 18.3 Å². The average Bonchev–Trinajstić information content (AvgIpc) is 2.83. The maximum atomic E-state index is 13.6. The van der Waals surface area contributed by atoms with Crippen molar-refractivity contribution in [1.82, 2.24) is 5.32 Å². The summed E-state index contributed by atoms with van der Waals surface area (Å²) in [6, 6.07) is 22.9. The molecule has 3 aromatic carbocycles. The predicted octanol–water partition coefficient (Wildman–Crippen LogP) is 4.70. The Morgan fingerprint density at radius 1 is 1.09 bits per heavy atom. The number of hydrogen-bond donors (Lipinski definition) is 1. The Hall–Kier alpha value is -3.25. The zero-order chi connectivity index (χ0) is 22.7. The van der Waals surface area contributed by atoms with Crippen molar-refractivity contribution in [3.8, 4) is 5.75 Å². The third kappa shape index (κ3) is 4.10. The summed E-state index contributed by atoms with van der Waals surface area (Å²) in [6.07, 6.45) is 2.43. The SMILES string of the molecule is COc1ccc(CNC(=O)[C@]2(C)Cc3ccccc3C(=O)N2c2cccc(SC)c2)cc1. The standard InChI is InChI=1S/C26H26N2O3S/c1-26(25(30)27-17-18-11-13-21(31-2)14-12-18)16-19-7-4-5-10-23(19)24(29)28(26)20-8-6-9-22(15-20)32-3/h4-15H,16-17H2,1-3H3,(H,27,30)/t26-/m0/s1. The third-order valence-corrected chi connectivity index (χ3v) is 6.62. The van der Waals surface area contributed by atoms with Gasteiger partial charge in [0.25, 0.3) is 5.91 Å². The van der Waals surface area contributed by atoms with Crippen LogP contribution in [-0.2, 0) is 17.8 Å². The Labute approximate surface area is 192 Å². The first-order valence-electron chi connectivity index (χ1n) is 10.4. The monoisotopic (exact) mass is 446 g/mol. The van der Waals surface area contributed by atoms with Crippen molar-refractivity contribution >= 4 is 29.3 Å². The maximum Gasteiger partial charge on any atom is 0.259 e. The van der Waals surface area contributed by atoms with Crippen LogP contribution in [0.15, 0.2) is 77.7 Å².